The molecule has 2 aromatic rings. The van der Waals surface area contributed by atoms with Crippen LogP contribution in [0.25, 0.3) is 0 Å². The number of anilines is 2. The minimum absolute atomic E-state index is 0.682. The molecular formula is C17H20N6. The van der Waals surface area contributed by atoms with Crippen LogP contribution in [0, 0.1) is 32.1 Å². The van der Waals surface area contributed by atoms with Gasteiger partial charge in [-0.2, -0.15) is 5.26 Å². The van der Waals surface area contributed by atoms with E-state index in [1.165, 1.54) is 0 Å². The van der Waals surface area contributed by atoms with Gasteiger partial charge >= 0.3 is 0 Å². The van der Waals surface area contributed by atoms with E-state index >= 15 is 0 Å². The Hall–Kier alpha value is -2.68. The summed E-state index contributed by atoms with van der Waals surface area (Å²) in [5.74, 6) is 1.76. The van der Waals surface area contributed by atoms with Gasteiger partial charge in [0.1, 0.15) is 17.7 Å². The maximum Gasteiger partial charge on any atom is 0.132 e. The van der Waals surface area contributed by atoms with Gasteiger partial charge in [-0.15, -0.1) is 0 Å². The first-order valence-corrected chi connectivity index (χ1v) is 7.76. The van der Waals surface area contributed by atoms with Crippen LogP contribution in [0.4, 0.5) is 11.5 Å². The predicted octanol–water partition coefficient (Wildman–Crippen LogP) is 2.00. The average molecular weight is 308 g/mol. The number of hydrogen-bond donors (Lipinski definition) is 0. The van der Waals surface area contributed by atoms with Crippen LogP contribution in [0.5, 0.6) is 0 Å². The van der Waals surface area contributed by atoms with Crippen molar-refractivity contribution < 1.29 is 0 Å². The molecule has 0 amide bonds. The first kappa shape index (κ1) is 15.2. The molecule has 118 valence electrons. The summed E-state index contributed by atoms with van der Waals surface area (Å²) in [7, 11) is 0. The van der Waals surface area contributed by atoms with Crippen molar-refractivity contribution in [1.82, 2.24) is 15.0 Å². The van der Waals surface area contributed by atoms with Crippen molar-refractivity contribution in [1.29, 1.82) is 5.26 Å². The molecule has 0 spiro atoms. The zero-order chi connectivity index (χ0) is 16.4. The Morgan fingerprint density at radius 2 is 1.74 bits per heavy atom. The van der Waals surface area contributed by atoms with E-state index in [1.807, 2.05) is 32.9 Å². The van der Waals surface area contributed by atoms with Crippen molar-refractivity contribution in [2.75, 3.05) is 36.0 Å². The van der Waals surface area contributed by atoms with Gasteiger partial charge in [0.05, 0.1) is 16.9 Å². The first-order valence-electron chi connectivity index (χ1n) is 7.76. The van der Waals surface area contributed by atoms with Gasteiger partial charge in [-0.25, -0.2) is 9.97 Å². The summed E-state index contributed by atoms with van der Waals surface area (Å²) in [4.78, 5) is 17.6. The fourth-order valence-electron chi connectivity index (χ4n) is 2.99. The smallest absolute Gasteiger partial charge is 0.132 e. The predicted molar refractivity (Wildman–Crippen MR) is 89.6 cm³/mol. The standard InChI is InChI=1S/C17H20N6/c1-12-10-16(15(11-18)13(2)20-12)22-6-8-23(9-7-22)17-4-5-19-14(3)21-17/h4-5,10H,6-9H2,1-3H3. The van der Waals surface area contributed by atoms with E-state index in [4.69, 9.17) is 0 Å². The second-order valence-corrected chi connectivity index (χ2v) is 5.79. The van der Waals surface area contributed by atoms with Crippen LogP contribution in [0.2, 0.25) is 0 Å². The highest BCUT2D eigenvalue weighted by atomic mass is 15.3. The highest BCUT2D eigenvalue weighted by Crippen LogP contribution is 2.25. The molecule has 0 aliphatic carbocycles. The van der Waals surface area contributed by atoms with Gasteiger partial charge in [0.2, 0.25) is 0 Å². The molecular weight excluding hydrogens is 288 g/mol. The third-order valence-corrected chi connectivity index (χ3v) is 4.13. The van der Waals surface area contributed by atoms with Crippen LogP contribution in [-0.2, 0) is 0 Å². The molecule has 0 atom stereocenters. The highest BCUT2D eigenvalue weighted by molar-refractivity contribution is 5.62. The second-order valence-electron chi connectivity index (χ2n) is 5.79. The Bertz CT molecular complexity index is 756. The van der Waals surface area contributed by atoms with Gasteiger partial charge in [0.15, 0.2) is 0 Å². The molecule has 0 unspecified atom stereocenters. The van der Waals surface area contributed by atoms with Gasteiger partial charge in [0.25, 0.3) is 0 Å². The van der Waals surface area contributed by atoms with Crippen molar-refractivity contribution in [2.45, 2.75) is 20.8 Å². The van der Waals surface area contributed by atoms with Crippen molar-refractivity contribution >= 4 is 11.5 Å². The van der Waals surface area contributed by atoms with Crippen LogP contribution in [0.15, 0.2) is 18.3 Å². The van der Waals surface area contributed by atoms with Crippen molar-refractivity contribution in [2.24, 2.45) is 0 Å². The summed E-state index contributed by atoms with van der Waals surface area (Å²) in [6, 6.07) is 6.26. The number of rotatable bonds is 2. The second kappa shape index (κ2) is 6.21. The van der Waals surface area contributed by atoms with Crippen molar-refractivity contribution in [3.8, 4) is 6.07 Å². The van der Waals surface area contributed by atoms with E-state index in [-0.39, 0.29) is 0 Å². The van der Waals surface area contributed by atoms with Crippen LogP contribution in [0.1, 0.15) is 22.8 Å². The summed E-state index contributed by atoms with van der Waals surface area (Å²) in [5.41, 5.74) is 3.43. The number of aromatic nitrogens is 3. The molecule has 6 heteroatoms. The Morgan fingerprint density at radius 1 is 1.04 bits per heavy atom. The minimum atomic E-state index is 0.682. The maximum atomic E-state index is 9.44. The summed E-state index contributed by atoms with van der Waals surface area (Å²) >= 11 is 0. The monoisotopic (exact) mass is 308 g/mol. The SMILES string of the molecule is Cc1cc(N2CCN(c3ccnc(C)n3)CC2)c(C#N)c(C)n1. The molecule has 0 aromatic carbocycles. The van der Waals surface area contributed by atoms with E-state index in [0.717, 1.165) is 54.9 Å². The normalized spacial score (nSPS) is 14.7. The van der Waals surface area contributed by atoms with Crippen molar-refractivity contribution in [3.63, 3.8) is 0 Å². The van der Waals surface area contributed by atoms with Gasteiger partial charge in [-0.1, -0.05) is 0 Å². The molecule has 3 rings (SSSR count). The molecule has 3 heterocycles. The van der Waals surface area contributed by atoms with E-state index < -0.39 is 0 Å². The summed E-state index contributed by atoms with van der Waals surface area (Å²) in [6.45, 7) is 9.25. The van der Waals surface area contributed by atoms with E-state index in [0.29, 0.717) is 5.56 Å². The first-order chi connectivity index (χ1) is 11.1. The lowest BCUT2D eigenvalue weighted by Crippen LogP contribution is -2.47. The van der Waals surface area contributed by atoms with Gasteiger partial charge in [-0.05, 0) is 32.9 Å². The molecule has 6 nitrogen and oxygen atoms in total. The fourth-order valence-corrected chi connectivity index (χ4v) is 2.99. The molecule has 1 aliphatic heterocycles. The number of piperazine rings is 1. The van der Waals surface area contributed by atoms with E-state index in [1.54, 1.807) is 6.20 Å². The quantitative estimate of drug-likeness (QED) is 0.845. The number of nitriles is 1. The van der Waals surface area contributed by atoms with Crippen LogP contribution < -0.4 is 9.80 Å². The zero-order valence-electron chi connectivity index (χ0n) is 13.7. The molecule has 0 N–H and O–H groups in total. The third kappa shape index (κ3) is 3.09. The number of pyridine rings is 1. The Kier molecular flexibility index (Phi) is 4.11. The van der Waals surface area contributed by atoms with Crippen LogP contribution in [-0.4, -0.2) is 41.1 Å². The maximum absolute atomic E-state index is 9.44. The molecule has 0 saturated carbocycles. The molecule has 0 radical (unpaired) electrons. The topological polar surface area (TPSA) is 68.9 Å². The lowest BCUT2D eigenvalue weighted by Gasteiger charge is -2.37. The van der Waals surface area contributed by atoms with Gasteiger partial charge in [0, 0.05) is 38.1 Å². The Balaban J connectivity index is 1.79. The Labute approximate surface area is 136 Å². The van der Waals surface area contributed by atoms with Crippen molar-refractivity contribution in [3.05, 3.63) is 41.1 Å². The minimum Gasteiger partial charge on any atom is -0.367 e. The lowest BCUT2D eigenvalue weighted by molar-refractivity contribution is 0.644. The fraction of sp³-hybridized carbons (Fsp3) is 0.412. The number of hydrogen-bond acceptors (Lipinski definition) is 6. The molecule has 2 aromatic heterocycles. The van der Waals surface area contributed by atoms with Crippen LogP contribution in [0.3, 0.4) is 0 Å². The zero-order valence-corrected chi connectivity index (χ0v) is 13.7. The molecule has 1 fully saturated rings. The molecule has 0 bridgehead atoms. The summed E-state index contributed by atoms with van der Waals surface area (Å²) < 4.78 is 0. The highest BCUT2D eigenvalue weighted by Gasteiger charge is 2.21. The number of aryl methyl sites for hydroxylation is 3. The van der Waals surface area contributed by atoms with E-state index in [9.17, 15) is 5.26 Å². The average Bonchev–Trinajstić information content (AvgIpc) is 2.54. The molecule has 23 heavy (non-hydrogen) atoms. The lowest BCUT2D eigenvalue weighted by atomic mass is 10.1. The third-order valence-electron chi connectivity index (χ3n) is 4.13. The Morgan fingerprint density at radius 3 is 2.39 bits per heavy atom. The molecule has 1 saturated heterocycles. The van der Waals surface area contributed by atoms with Gasteiger partial charge in [-0.3, -0.25) is 4.98 Å². The van der Waals surface area contributed by atoms with E-state index in [2.05, 4.69) is 30.8 Å². The van der Waals surface area contributed by atoms with Gasteiger partial charge < -0.3 is 9.80 Å². The molecule has 1 aliphatic rings. The summed E-state index contributed by atoms with van der Waals surface area (Å²) in [5, 5.41) is 9.44. The largest absolute Gasteiger partial charge is 0.367 e. The van der Waals surface area contributed by atoms with Crippen LogP contribution >= 0.6 is 0 Å². The summed E-state index contributed by atoms with van der Waals surface area (Å²) in [6.07, 6.45) is 1.80. The number of nitrogens with zero attached hydrogens (tertiary/aromatic N) is 6.